The molecule has 0 N–H and O–H groups in total. The van der Waals surface area contributed by atoms with E-state index in [4.69, 9.17) is 14.3 Å². The predicted molar refractivity (Wildman–Crippen MR) is 138 cm³/mol. The van der Waals surface area contributed by atoms with E-state index in [1.54, 1.807) is 6.26 Å². The highest BCUT2D eigenvalue weighted by molar-refractivity contribution is 6.11. The van der Waals surface area contributed by atoms with Crippen LogP contribution < -0.4 is 5.01 Å². The van der Waals surface area contributed by atoms with Crippen LogP contribution in [0.1, 0.15) is 57.3 Å². The van der Waals surface area contributed by atoms with Gasteiger partial charge in [-0.25, -0.2) is 9.80 Å². The second-order valence-electron chi connectivity index (χ2n) is 10.3. The first-order valence-corrected chi connectivity index (χ1v) is 12.7. The van der Waals surface area contributed by atoms with E-state index in [0.29, 0.717) is 23.5 Å². The summed E-state index contributed by atoms with van der Waals surface area (Å²) in [4.78, 5) is 14.1. The molecule has 5 rings (SSSR count). The Labute approximate surface area is 207 Å². The molecule has 0 bridgehead atoms. The smallest absolute Gasteiger partial charge is 0.332 e. The maximum atomic E-state index is 14.1. The van der Waals surface area contributed by atoms with Crippen LogP contribution in [0.25, 0.3) is 0 Å². The van der Waals surface area contributed by atoms with Crippen molar-refractivity contribution in [2.45, 2.75) is 58.1 Å². The number of rotatable bonds is 6. The second-order valence-corrected chi connectivity index (χ2v) is 10.3. The van der Waals surface area contributed by atoms with Crippen molar-refractivity contribution < 1.29 is 13.9 Å². The van der Waals surface area contributed by atoms with Gasteiger partial charge in [-0.3, -0.25) is 0 Å². The fourth-order valence-corrected chi connectivity index (χ4v) is 5.64. The lowest BCUT2D eigenvalue weighted by Crippen LogP contribution is -2.45. The van der Waals surface area contributed by atoms with Crippen molar-refractivity contribution in [3.63, 3.8) is 0 Å². The predicted octanol–water partition coefficient (Wildman–Crippen LogP) is 6.66. The molecule has 2 heterocycles. The minimum atomic E-state index is -0.649. The third kappa shape index (κ3) is 4.77. The van der Waals surface area contributed by atoms with Gasteiger partial charge in [-0.1, -0.05) is 75.7 Å². The highest BCUT2D eigenvalue weighted by Gasteiger charge is 2.48. The van der Waals surface area contributed by atoms with Crippen molar-refractivity contribution in [1.29, 1.82) is 0 Å². The second kappa shape index (κ2) is 10.1. The third-order valence-electron chi connectivity index (χ3n) is 7.50. The normalized spacial score (nSPS) is 26.6. The summed E-state index contributed by atoms with van der Waals surface area (Å²) < 4.78 is 12.3. The molecule has 1 saturated carbocycles. The average molecular weight is 471 g/mol. The van der Waals surface area contributed by atoms with Crippen molar-refractivity contribution >= 4 is 17.4 Å². The van der Waals surface area contributed by atoms with Gasteiger partial charge in [-0.05, 0) is 60.4 Å². The largest absolute Gasteiger partial charge is 0.469 e. The van der Waals surface area contributed by atoms with Crippen molar-refractivity contribution in [1.82, 2.24) is 0 Å². The minimum absolute atomic E-state index is 0.0816. The van der Waals surface area contributed by atoms with Crippen LogP contribution in [0.2, 0.25) is 0 Å². The van der Waals surface area contributed by atoms with Gasteiger partial charge in [-0.2, -0.15) is 5.10 Å². The number of hydrazone groups is 1. The van der Waals surface area contributed by atoms with Gasteiger partial charge in [0.1, 0.15) is 11.9 Å². The van der Waals surface area contributed by atoms with Crippen LogP contribution in [-0.2, 0) is 9.53 Å². The van der Waals surface area contributed by atoms with Gasteiger partial charge >= 0.3 is 5.97 Å². The van der Waals surface area contributed by atoms with Crippen LogP contribution in [0.15, 0.2) is 88.6 Å². The molecule has 35 heavy (non-hydrogen) atoms. The molecule has 2 aromatic carbocycles. The molecular formula is C30H34N2O3. The van der Waals surface area contributed by atoms with Crippen LogP contribution in [0, 0.1) is 17.8 Å². The molecule has 3 aromatic rings. The standard InChI is InChI=1S/C30H34N2O3/c1-20(2)24-17-16-21(3)19-26(24)35-30(33)29-27(25-15-10-18-34-25)28(22-11-6-4-7-12-22)31-32(29)23-13-8-5-9-14-23/h4-15,18,20-21,24,26-27,29H,16-17,19H2,1-3H3/t21-,24+,26-,27+,29+/m1/s1. The molecule has 182 valence electrons. The Balaban J connectivity index is 1.55. The Morgan fingerprint density at radius 2 is 1.71 bits per heavy atom. The lowest BCUT2D eigenvalue weighted by Gasteiger charge is -2.38. The molecule has 2 aliphatic rings. The molecular weight excluding hydrogens is 436 g/mol. The van der Waals surface area contributed by atoms with E-state index in [0.717, 1.165) is 29.8 Å². The summed E-state index contributed by atoms with van der Waals surface area (Å²) >= 11 is 0. The minimum Gasteiger partial charge on any atom is -0.469 e. The Morgan fingerprint density at radius 1 is 1.00 bits per heavy atom. The van der Waals surface area contributed by atoms with E-state index >= 15 is 0 Å². The SMILES string of the molecule is CC(C)[C@@H]1CC[C@@H](C)C[C@H]1OC(=O)[C@@H]1[C@@H](c2ccco2)C(c2ccccc2)=NN1c1ccccc1. The number of esters is 1. The van der Waals surface area contributed by atoms with E-state index in [1.807, 2.05) is 77.8 Å². The first-order chi connectivity index (χ1) is 17.0. The summed E-state index contributed by atoms with van der Waals surface area (Å²) in [5.74, 6) is 1.48. The lowest BCUT2D eigenvalue weighted by molar-refractivity contribution is -0.157. The highest BCUT2D eigenvalue weighted by Crippen LogP contribution is 2.40. The number of para-hydroxylation sites is 1. The molecule has 0 saturated heterocycles. The number of anilines is 1. The molecule has 1 fully saturated rings. The van der Waals surface area contributed by atoms with Gasteiger partial charge in [0.2, 0.25) is 0 Å². The Kier molecular flexibility index (Phi) is 6.76. The van der Waals surface area contributed by atoms with Crippen molar-refractivity contribution in [2.24, 2.45) is 22.9 Å². The summed E-state index contributed by atoms with van der Waals surface area (Å²) in [5, 5.41) is 6.85. The van der Waals surface area contributed by atoms with E-state index in [2.05, 4.69) is 20.8 Å². The number of hydrogen-bond donors (Lipinski definition) is 0. The Morgan fingerprint density at radius 3 is 2.37 bits per heavy atom. The molecule has 0 amide bonds. The number of ether oxygens (including phenoxy) is 1. The quantitative estimate of drug-likeness (QED) is 0.378. The number of benzene rings is 2. The van der Waals surface area contributed by atoms with E-state index in [9.17, 15) is 4.79 Å². The first-order valence-electron chi connectivity index (χ1n) is 12.7. The maximum absolute atomic E-state index is 14.1. The summed E-state index contributed by atoms with van der Waals surface area (Å²) in [6.07, 6.45) is 4.76. The van der Waals surface area contributed by atoms with Crippen LogP contribution >= 0.6 is 0 Å². The van der Waals surface area contributed by atoms with Crippen LogP contribution in [-0.4, -0.2) is 23.8 Å². The first kappa shape index (κ1) is 23.4. The number of furan rings is 1. The van der Waals surface area contributed by atoms with Gasteiger partial charge < -0.3 is 9.15 Å². The van der Waals surface area contributed by atoms with E-state index in [1.165, 1.54) is 6.42 Å². The number of carbonyl (C=O) groups is 1. The van der Waals surface area contributed by atoms with Crippen LogP contribution in [0.5, 0.6) is 0 Å². The van der Waals surface area contributed by atoms with Crippen molar-refractivity contribution in [2.75, 3.05) is 5.01 Å². The molecule has 0 unspecified atom stereocenters. The molecule has 1 aromatic heterocycles. The summed E-state index contributed by atoms with van der Waals surface area (Å²) in [5.41, 5.74) is 2.63. The zero-order chi connectivity index (χ0) is 24.4. The molecule has 5 atom stereocenters. The van der Waals surface area contributed by atoms with Crippen molar-refractivity contribution in [3.05, 3.63) is 90.4 Å². The third-order valence-corrected chi connectivity index (χ3v) is 7.50. The maximum Gasteiger partial charge on any atom is 0.332 e. The van der Waals surface area contributed by atoms with Gasteiger partial charge in [0.25, 0.3) is 0 Å². The van der Waals surface area contributed by atoms with Gasteiger partial charge in [0, 0.05) is 0 Å². The molecule has 0 radical (unpaired) electrons. The number of carbonyl (C=O) groups excluding carboxylic acids is 1. The van der Waals surface area contributed by atoms with Gasteiger partial charge in [-0.15, -0.1) is 0 Å². The fraction of sp³-hybridized carbons (Fsp3) is 0.400. The topological polar surface area (TPSA) is 55.0 Å². The number of nitrogens with zero attached hydrogens (tertiary/aromatic N) is 2. The molecule has 0 spiro atoms. The Hall–Kier alpha value is -3.34. The zero-order valence-corrected chi connectivity index (χ0v) is 20.7. The Bertz CT molecular complexity index is 1140. The van der Waals surface area contributed by atoms with Crippen LogP contribution in [0.3, 0.4) is 0 Å². The lowest BCUT2D eigenvalue weighted by atomic mass is 9.75. The zero-order valence-electron chi connectivity index (χ0n) is 20.7. The average Bonchev–Trinajstić information content (AvgIpc) is 3.53. The monoisotopic (exact) mass is 470 g/mol. The van der Waals surface area contributed by atoms with Crippen LogP contribution in [0.4, 0.5) is 5.69 Å². The summed E-state index contributed by atoms with van der Waals surface area (Å²) in [6, 6.07) is 23.0. The fourth-order valence-electron chi connectivity index (χ4n) is 5.64. The van der Waals surface area contributed by atoms with Crippen molar-refractivity contribution in [3.8, 4) is 0 Å². The van der Waals surface area contributed by atoms with E-state index < -0.39 is 6.04 Å². The molecule has 1 aliphatic heterocycles. The summed E-state index contributed by atoms with van der Waals surface area (Å²) in [7, 11) is 0. The number of hydrogen-bond acceptors (Lipinski definition) is 5. The molecule has 5 heteroatoms. The van der Waals surface area contributed by atoms with E-state index in [-0.39, 0.29) is 18.0 Å². The van der Waals surface area contributed by atoms with Gasteiger partial charge in [0.05, 0.1) is 23.6 Å². The highest BCUT2D eigenvalue weighted by atomic mass is 16.5. The van der Waals surface area contributed by atoms with Gasteiger partial charge in [0.15, 0.2) is 6.04 Å². The molecule has 5 nitrogen and oxygen atoms in total. The molecule has 1 aliphatic carbocycles. The summed E-state index contributed by atoms with van der Waals surface area (Å²) in [6.45, 7) is 6.72.